The molecule has 0 unspecified atom stereocenters. The second-order valence-corrected chi connectivity index (χ2v) is 7.38. The van der Waals surface area contributed by atoms with Gasteiger partial charge in [-0.3, -0.25) is 0 Å². The zero-order chi connectivity index (χ0) is 12.2. The molecule has 96 valence electrons. The van der Waals surface area contributed by atoms with Gasteiger partial charge in [0.05, 0.1) is 11.9 Å². The van der Waals surface area contributed by atoms with Crippen molar-refractivity contribution in [3.63, 3.8) is 0 Å². The molecule has 1 saturated carbocycles. The SMILES string of the molecule is COCC1(CNS(=O)(=O)C(C)C)CCCC1. The van der Waals surface area contributed by atoms with Crippen molar-refractivity contribution < 1.29 is 13.2 Å². The Labute approximate surface area is 98.8 Å². The highest BCUT2D eigenvalue weighted by molar-refractivity contribution is 7.90. The Kier molecular flexibility index (Phi) is 4.76. The molecular weight excluding hydrogens is 226 g/mol. The molecule has 0 bridgehead atoms. The number of hydrogen-bond acceptors (Lipinski definition) is 3. The van der Waals surface area contributed by atoms with Crippen LogP contribution in [0.5, 0.6) is 0 Å². The van der Waals surface area contributed by atoms with Crippen molar-refractivity contribution in [1.29, 1.82) is 0 Å². The van der Waals surface area contributed by atoms with Crippen molar-refractivity contribution in [2.75, 3.05) is 20.3 Å². The highest BCUT2D eigenvalue weighted by Gasteiger charge is 2.35. The summed E-state index contributed by atoms with van der Waals surface area (Å²) < 4.78 is 31.3. The minimum absolute atomic E-state index is 0.0245. The minimum atomic E-state index is -3.15. The summed E-state index contributed by atoms with van der Waals surface area (Å²) >= 11 is 0. The van der Waals surface area contributed by atoms with Crippen LogP contribution in [-0.4, -0.2) is 33.9 Å². The van der Waals surface area contributed by atoms with E-state index in [9.17, 15) is 8.42 Å². The van der Waals surface area contributed by atoms with Crippen LogP contribution >= 0.6 is 0 Å². The molecule has 0 radical (unpaired) electrons. The molecule has 1 N–H and O–H groups in total. The molecule has 1 aliphatic rings. The number of rotatable bonds is 6. The molecule has 0 amide bonds. The van der Waals surface area contributed by atoms with Crippen LogP contribution in [0.1, 0.15) is 39.5 Å². The van der Waals surface area contributed by atoms with Crippen LogP contribution in [0.2, 0.25) is 0 Å². The van der Waals surface area contributed by atoms with Gasteiger partial charge in [-0.1, -0.05) is 12.8 Å². The van der Waals surface area contributed by atoms with Crippen LogP contribution in [0.4, 0.5) is 0 Å². The lowest BCUT2D eigenvalue weighted by Crippen LogP contribution is -2.41. The number of hydrogen-bond donors (Lipinski definition) is 1. The number of nitrogens with one attached hydrogen (secondary N) is 1. The third kappa shape index (κ3) is 3.43. The molecule has 0 aromatic heterocycles. The summed E-state index contributed by atoms with van der Waals surface area (Å²) in [6.07, 6.45) is 4.46. The van der Waals surface area contributed by atoms with E-state index in [-0.39, 0.29) is 10.7 Å². The van der Waals surface area contributed by atoms with E-state index < -0.39 is 10.0 Å². The topological polar surface area (TPSA) is 55.4 Å². The maximum absolute atomic E-state index is 11.7. The summed E-state index contributed by atoms with van der Waals surface area (Å²) in [5.74, 6) is 0. The third-order valence-electron chi connectivity index (χ3n) is 3.38. The number of sulfonamides is 1. The summed E-state index contributed by atoms with van der Waals surface area (Å²) in [4.78, 5) is 0. The lowest BCUT2D eigenvalue weighted by atomic mass is 9.87. The van der Waals surface area contributed by atoms with Crippen LogP contribution in [0.25, 0.3) is 0 Å². The molecule has 4 nitrogen and oxygen atoms in total. The smallest absolute Gasteiger partial charge is 0.213 e. The van der Waals surface area contributed by atoms with Gasteiger partial charge in [0.2, 0.25) is 10.0 Å². The van der Waals surface area contributed by atoms with E-state index in [0.717, 1.165) is 12.8 Å². The van der Waals surface area contributed by atoms with Gasteiger partial charge in [-0.15, -0.1) is 0 Å². The summed E-state index contributed by atoms with van der Waals surface area (Å²) in [6.45, 7) is 4.55. The molecule has 0 aromatic rings. The fraction of sp³-hybridized carbons (Fsp3) is 1.00. The molecule has 16 heavy (non-hydrogen) atoms. The van der Waals surface area contributed by atoms with Crippen LogP contribution in [0.3, 0.4) is 0 Å². The average Bonchev–Trinajstić information content (AvgIpc) is 2.65. The van der Waals surface area contributed by atoms with Gasteiger partial charge in [0, 0.05) is 19.1 Å². The molecular formula is C11H23NO3S. The van der Waals surface area contributed by atoms with E-state index in [1.165, 1.54) is 12.8 Å². The van der Waals surface area contributed by atoms with Gasteiger partial charge in [0.1, 0.15) is 0 Å². The van der Waals surface area contributed by atoms with Gasteiger partial charge in [0.25, 0.3) is 0 Å². The van der Waals surface area contributed by atoms with Crippen molar-refractivity contribution in [3.8, 4) is 0 Å². The van der Waals surface area contributed by atoms with Crippen LogP contribution in [0, 0.1) is 5.41 Å². The molecule has 0 saturated heterocycles. The molecule has 1 rings (SSSR count). The highest BCUT2D eigenvalue weighted by Crippen LogP contribution is 2.37. The summed E-state index contributed by atoms with van der Waals surface area (Å²) in [5, 5.41) is -0.367. The molecule has 5 heteroatoms. The lowest BCUT2D eigenvalue weighted by molar-refractivity contribution is 0.0866. The second-order valence-electron chi connectivity index (χ2n) is 5.05. The standard InChI is InChI=1S/C11H23NO3S/c1-10(2)16(13,14)12-8-11(9-15-3)6-4-5-7-11/h10,12H,4-9H2,1-3H3. The number of ether oxygens (including phenoxy) is 1. The first kappa shape index (κ1) is 13.9. The molecule has 1 fully saturated rings. The van der Waals surface area contributed by atoms with Crippen molar-refractivity contribution in [1.82, 2.24) is 4.72 Å². The van der Waals surface area contributed by atoms with Gasteiger partial charge in [-0.25, -0.2) is 13.1 Å². The Morgan fingerprint density at radius 1 is 1.31 bits per heavy atom. The minimum Gasteiger partial charge on any atom is -0.384 e. The van der Waals surface area contributed by atoms with Crippen LogP contribution in [0.15, 0.2) is 0 Å². The van der Waals surface area contributed by atoms with E-state index in [0.29, 0.717) is 13.2 Å². The predicted molar refractivity (Wildman–Crippen MR) is 64.8 cm³/mol. The number of methoxy groups -OCH3 is 1. The third-order valence-corrected chi connectivity index (χ3v) is 5.17. The maximum atomic E-state index is 11.7. The zero-order valence-electron chi connectivity index (χ0n) is 10.5. The largest absolute Gasteiger partial charge is 0.384 e. The predicted octanol–water partition coefficient (Wildman–Crippen LogP) is 1.52. The van der Waals surface area contributed by atoms with Crippen molar-refractivity contribution in [2.24, 2.45) is 5.41 Å². The molecule has 0 atom stereocenters. The van der Waals surface area contributed by atoms with Gasteiger partial charge in [0.15, 0.2) is 0 Å². The quantitative estimate of drug-likeness (QED) is 0.776. The average molecular weight is 249 g/mol. The fourth-order valence-electron chi connectivity index (χ4n) is 2.22. The fourth-order valence-corrected chi connectivity index (χ4v) is 3.06. The monoisotopic (exact) mass is 249 g/mol. The highest BCUT2D eigenvalue weighted by atomic mass is 32.2. The van der Waals surface area contributed by atoms with E-state index in [4.69, 9.17) is 4.74 Å². The molecule has 0 aromatic carbocycles. The summed E-state index contributed by atoms with van der Waals surface area (Å²) in [7, 11) is -1.47. The first-order chi connectivity index (χ1) is 7.42. The first-order valence-electron chi connectivity index (χ1n) is 5.89. The lowest BCUT2D eigenvalue weighted by Gasteiger charge is -2.28. The van der Waals surface area contributed by atoms with E-state index in [1.807, 2.05) is 0 Å². The van der Waals surface area contributed by atoms with Crippen LogP contribution < -0.4 is 4.72 Å². The Morgan fingerprint density at radius 2 is 1.88 bits per heavy atom. The Hall–Kier alpha value is -0.130. The van der Waals surface area contributed by atoms with E-state index in [1.54, 1.807) is 21.0 Å². The molecule has 0 aliphatic heterocycles. The zero-order valence-corrected chi connectivity index (χ0v) is 11.3. The van der Waals surface area contributed by atoms with Gasteiger partial charge in [-0.05, 0) is 26.7 Å². The second kappa shape index (κ2) is 5.47. The van der Waals surface area contributed by atoms with Gasteiger partial charge in [-0.2, -0.15) is 0 Å². The molecule has 0 heterocycles. The molecule has 0 spiro atoms. The van der Waals surface area contributed by atoms with Crippen molar-refractivity contribution >= 4 is 10.0 Å². The maximum Gasteiger partial charge on any atom is 0.213 e. The van der Waals surface area contributed by atoms with Gasteiger partial charge < -0.3 is 4.74 Å². The Bertz CT molecular complexity index is 305. The van der Waals surface area contributed by atoms with Crippen LogP contribution in [-0.2, 0) is 14.8 Å². The first-order valence-corrected chi connectivity index (χ1v) is 7.44. The molecule has 1 aliphatic carbocycles. The van der Waals surface area contributed by atoms with E-state index >= 15 is 0 Å². The normalized spacial score (nSPS) is 20.5. The van der Waals surface area contributed by atoms with Crippen molar-refractivity contribution in [3.05, 3.63) is 0 Å². The summed E-state index contributed by atoms with van der Waals surface area (Å²) in [5.41, 5.74) is 0.0245. The summed E-state index contributed by atoms with van der Waals surface area (Å²) in [6, 6.07) is 0. The van der Waals surface area contributed by atoms with E-state index in [2.05, 4.69) is 4.72 Å². The Balaban J connectivity index is 2.57. The van der Waals surface area contributed by atoms with Crippen molar-refractivity contribution in [2.45, 2.75) is 44.8 Å². The Morgan fingerprint density at radius 3 is 2.31 bits per heavy atom. The van der Waals surface area contributed by atoms with Gasteiger partial charge >= 0.3 is 0 Å².